The first-order chi connectivity index (χ1) is 14.8. The van der Waals surface area contributed by atoms with Gasteiger partial charge in [-0.2, -0.15) is 0 Å². The summed E-state index contributed by atoms with van der Waals surface area (Å²) < 4.78 is 11.9. The van der Waals surface area contributed by atoms with Crippen molar-refractivity contribution in [2.24, 2.45) is 5.92 Å². The molecule has 0 saturated heterocycles. The third kappa shape index (κ3) is 6.53. The Labute approximate surface area is 187 Å². The van der Waals surface area contributed by atoms with Gasteiger partial charge in [0.15, 0.2) is 0 Å². The minimum absolute atomic E-state index is 0.0755. The number of unbranched alkanes of at least 4 members (excludes halogenated alkanes) is 2. The van der Waals surface area contributed by atoms with Crippen LogP contribution in [0.25, 0.3) is 0 Å². The van der Waals surface area contributed by atoms with Crippen LogP contribution in [0.5, 0.6) is 5.75 Å². The summed E-state index contributed by atoms with van der Waals surface area (Å²) in [5.74, 6) is -1.02. The Kier molecular flexibility index (Phi) is 9.48. The average Bonchev–Trinajstić information content (AvgIpc) is 2.74. The lowest BCUT2D eigenvalue weighted by atomic mass is 9.83. The van der Waals surface area contributed by atoms with Gasteiger partial charge in [0.05, 0.1) is 19.9 Å². The van der Waals surface area contributed by atoms with Crippen molar-refractivity contribution in [3.63, 3.8) is 0 Å². The lowest BCUT2D eigenvalue weighted by molar-refractivity contribution is -0.144. The number of methoxy groups -OCH3 is 2. The predicted molar refractivity (Wildman–Crippen MR) is 120 cm³/mol. The monoisotopic (exact) mass is 452 g/mol. The van der Waals surface area contributed by atoms with Gasteiger partial charge in [-0.25, -0.2) is 9.59 Å². The van der Waals surface area contributed by atoms with E-state index >= 15 is 0 Å². The zero-order valence-corrected chi connectivity index (χ0v) is 19.4. The van der Waals surface area contributed by atoms with E-state index in [0.29, 0.717) is 6.42 Å². The molecule has 0 saturated carbocycles. The maximum atomic E-state index is 12.3. The summed E-state index contributed by atoms with van der Waals surface area (Å²) in [4.78, 5) is 35.9. The number of aliphatic carboxylic acids is 1. The maximum absolute atomic E-state index is 12.3. The van der Waals surface area contributed by atoms with Crippen molar-refractivity contribution in [1.29, 1.82) is 0 Å². The molecule has 3 atom stereocenters. The smallest absolute Gasteiger partial charge is 0.329 e. The highest BCUT2D eigenvalue weighted by molar-refractivity contribution is 8.00. The van der Waals surface area contributed by atoms with Gasteiger partial charge in [-0.3, -0.25) is 4.79 Å². The SMILES string of the molecule is CCCCCC1Cc2cc(OC)ccc2N(SCC(NC(C)=O)C(=O)OC)C1C(=O)O. The fourth-order valence-corrected chi connectivity index (χ4v) is 5.15. The van der Waals surface area contributed by atoms with E-state index < -0.39 is 24.0 Å². The number of hydrogen-bond acceptors (Lipinski definition) is 7. The van der Waals surface area contributed by atoms with Gasteiger partial charge in [-0.05, 0) is 54.5 Å². The van der Waals surface area contributed by atoms with E-state index in [2.05, 4.69) is 12.2 Å². The summed E-state index contributed by atoms with van der Waals surface area (Å²) in [7, 11) is 2.86. The van der Waals surface area contributed by atoms with Crippen molar-refractivity contribution in [2.45, 2.75) is 58.0 Å². The molecule has 31 heavy (non-hydrogen) atoms. The van der Waals surface area contributed by atoms with Gasteiger partial charge in [0.25, 0.3) is 0 Å². The summed E-state index contributed by atoms with van der Waals surface area (Å²) >= 11 is 1.22. The van der Waals surface area contributed by atoms with Crippen LogP contribution in [-0.2, 0) is 25.5 Å². The molecule has 0 bridgehead atoms. The van der Waals surface area contributed by atoms with Crippen LogP contribution < -0.4 is 14.4 Å². The molecule has 1 heterocycles. The van der Waals surface area contributed by atoms with Gasteiger partial charge in [0.2, 0.25) is 5.91 Å². The highest BCUT2D eigenvalue weighted by Gasteiger charge is 2.40. The van der Waals surface area contributed by atoms with E-state index in [1.54, 1.807) is 17.5 Å². The van der Waals surface area contributed by atoms with Gasteiger partial charge in [-0.1, -0.05) is 26.2 Å². The zero-order chi connectivity index (χ0) is 23.0. The van der Waals surface area contributed by atoms with E-state index in [9.17, 15) is 19.5 Å². The molecule has 172 valence electrons. The number of nitrogens with one attached hydrogen (secondary N) is 1. The molecule has 2 rings (SSSR count). The number of rotatable bonds is 11. The molecule has 0 spiro atoms. The minimum Gasteiger partial charge on any atom is -0.497 e. The zero-order valence-electron chi connectivity index (χ0n) is 18.6. The molecule has 1 aromatic carbocycles. The molecule has 0 aliphatic carbocycles. The Balaban J connectivity index is 2.35. The number of carbonyl (C=O) groups excluding carboxylic acids is 2. The van der Waals surface area contributed by atoms with Crippen molar-refractivity contribution in [3.05, 3.63) is 23.8 Å². The Bertz CT molecular complexity index is 787. The Hall–Kier alpha value is -2.42. The lowest BCUT2D eigenvalue weighted by Crippen LogP contribution is -2.49. The highest BCUT2D eigenvalue weighted by Crippen LogP contribution is 2.42. The Morgan fingerprint density at radius 1 is 1.29 bits per heavy atom. The molecular weight excluding hydrogens is 420 g/mol. The molecule has 2 N–H and O–H groups in total. The second-order valence-corrected chi connectivity index (χ2v) is 8.62. The number of fused-ring (bicyclic) bond motifs is 1. The minimum atomic E-state index is -0.899. The first-order valence-corrected chi connectivity index (χ1v) is 11.4. The van der Waals surface area contributed by atoms with Crippen molar-refractivity contribution >= 4 is 35.5 Å². The summed E-state index contributed by atoms with van der Waals surface area (Å²) in [5.41, 5.74) is 1.80. The molecule has 0 fully saturated rings. The second kappa shape index (κ2) is 11.8. The third-order valence-electron chi connectivity index (χ3n) is 5.38. The number of nitrogens with zero attached hydrogens (tertiary/aromatic N) is 1. The molecule has 8 nitrogen and oxygen atoms in total. The van der Waals surface area contributed by atoms with Crippen molar-refractivity contribution in [1.82, 2.24) is 5.32 Å². The van der Waals surface area contributed by atoms with Gasteiger partial charge < -0.3 is 24.2 Å². The van der Waals surface area contributed by atoms with Crippen LogP contribution in [0.2, 0.25) is 0 Å². The molecular formula is C22H32N2O6S. The number of carboxylic acids is 1. The molecule has 9 heteroatoms. The van der Waals surface area contributed by atoms with Gasteiger partial charge in [0.1, 0.15) is 17.8 Å². The molecule has 1 aromatic rings. The number of anilines is 1. The average molecular weight is 453 g/mol. The summed E-state index contributed by atoms with van der Waals surface area (Å²) in [6.07, 6.45) is 4.51. The molecule has 0 radical (unpaired) electrons. The molecule has 1 aliphatic rings. The summed E-state index contributed by atoms with van der Waals surface area (Å²) in [5, 5.41) is 12.7. The topological polar surface area (TPSA) is 105 Å². The van der Waals surface area contributed by atoms with Crippen molar-refractivity contribution in [2.75, 3.05) is 24.3 Å². The molecule has 1 aliphatic heterocycles. The number of hydrogen-bond donors (Lipinski definition) is 2. The van der Waals surface area contributed by atoms with E-state index in [-0.39, 0.29) is 17.6 Å². The molecule has 0 aromatic heterocycles. The lowest BCUT2D eigenvalue weighted by Gasteiger charge is -2.41. The second-order valence-electron chi connectivity index (χ2n) is 7.64. The number of carboxylic acid groups (broad SMARTS) is 1. The van der Waals surface area contributed by atoms with Gasteiger partial charge in [0, 0.05) is 12.7 Å². The summed E-state index contributed by atoms with van der Waals surface area (Å²) in [6.45, 7) is 3.44. The van der Waals surface area contributed by atoms with Crippen LogP contribution in [0.3, 0.4) is 0 Å². The van der Waals surface area contributed by atoms with Crippen molar-refractivity contribution in [3.8, 4) is 5.75 Å². The predicted octanol–water partition coefficient (Wildman–Crippen LogP) is 3.03. The number of ether oxygens (including phenoxy) is 2. The largest absolute Gasteiger partial charge is 0.497 e. The Morgan fingerprint density at radius 3 is 2.61 bits per heavy atom. The van der Waals surface area contributed by atoms with Gasteiger partial charge in [-0.15, -0.1) is 0 Å². The summed E-state index contributed by atoms with van der Waals surface area (Å²) in [6, 6.07) is 3.99. The van der Waals surface area contributed by atoms with Crippen LogP contribution in [-0.4, -0.2) is 55.0 Å². The fourth-order valence-electron chi connectivity index (χ4n) is 3.88. The normalized spacial score (nSPS) is 18.6. The standard InChI is InChI=1S/C22H32N2O6S/c1-5-6-7-8-15-11-16-12-17(29-3)9-10-19(16)24(20(15)21(26)27)31-13-18(22(28)30-4)23-14(2)25/h9-10,12,15,18,20H,5-8,11,13H2,1-4H3,(H,23,25)(H,26,27). The van der Waals surface area contributed by atoms with Crippen molar-refractivity contribution < 1.29 is 29.0 Å². The van der Waals surface area contributed by atoms with Crippen LogP contribution in [0, 0.1) is 5.92 Å². The number of benzene rings is 1. The fraction of sp³-hybridized carbons (Fsp3) is 0.591. The number of esters is 1. The molecule has 3 unspecified atom stereocenters. The third-order valence-corrected chi connectivity index (χ3v) is 6.56. The van der Waals surface area contributed by atoms with E-state index in [0.717, 1.165) is 42.7 Å². The number of carbonyl (C=O) groups is 3. The van der Waals surface area contributed by atoms with Crippen LogP contribution in [0.15, 0.2) is 18.2 Å². The number of amides is 1. The van der Waals surface area contributed by atoms with E-state index in [1.165, 1.54) is 26.0 Å². The quantitative estimate of drug-likeness (QED) is 0.300. The van der Waals surface area contributed by atoms with Crippen LogP contribution >= 0.6 is 11.9 Å². The van der Waals surface area contributed by atoms with Gasteiger partial charge >= 0.3 is 11.9 Å². The van der Waals surface area contributed by atoms with E-state index in [4.69, 9.17) is 9.47 Å². The highest BCUT2D eigenvalue weighted by atomic mass is 32.2. The van der Waals surface area contributed by atoms with Crippen LogP contribution in [0.1, 0.15) is 45.1 Å². The molecule has 1 amide bonds. The first-order valence-electron chi connectivity index (χ1n) is 10.5. The van der Waals surface area contributed by atoms with Crippen LogP contribution in [0.4, 0.5) is 5.69 Å². The first kappa shape index (κ1) is 24.8. The Morgan fingerprint density at radius 2 is 2.03 bits per heavy atom. The maximum Gasteiger partial charge on any atom is 0.329 e. The van der Waals surface area contributed by atoms with E-state index in [1.807, 2.05) is 12.1 Å².